The molecule has 0 atom stereocenters. The van der Waals surface area contributed by atoms with Crippen LogP contribution in [0.2, 0.25) is 0 Å². The fourth-order valence-corrected chi connectivity index (χ4v) is 1.61. The minimum atomic E-state index is -0.911. The fourth-order valence-electron chi connectivity index (χ4n) is 1.61. The van der Waals surface area contributed by atoms with Gasteiger partial charge < -0.3 is 21.1 Å². The Morgan fingerprint density at radius 3 is 2.47 bits per heavy atom. The molecule has 1 aliphatic heterocycles. The average molecular weight is 244 g/mol. The van der Waals surface area contributed by atoms with E-state index in [-0.39, 0.29) is 19.0 Å². The molecule has 98 valence electrons. The van der Waals surface area contributed by atoms with Gasteiger partial charge in [0.05, 0.1) is 6.42 Å². The molecule has 1 heterocycles. The van der Waals surface area contributed by atoms with Crippen LogP contribution in [0.5, 0.6) is 0 Å². The lowest BCUT2D eigenvalue weighted by Gasteiger charge is -2.27. The summed E-state index contributed by atoms with van der Waals surface area (Å²) >= 11 is 0. The minimum Gasteiger partial charge on any atom is -0.481 e. The number of nitrogens with zero attached hydrogens (tertiary/aromatic N) is 1. The molecule has 1 saturated heterocycles. The van der Waals surface area contributed by atoms with Crippen LogP contribution in [0.3, 0.4) is 0 Å². The molecule has 1 rings (SSSR count). The van der Waals surface area contributed by atoms with Crippen molar-refractivity contribution in [2.24, 2.45) is 0 Å². The second-order valence-corrected chi connectivity index (χ2v) is 3.92. The Balaban J connectivity index is 1.97. The van der Waals surface area contributed by atoms with Gasteiger partial charge >= 0.3 is 12.0 Å². The molecule has 0 saturated carbocycles. The first kappa shape index (κ1) is 13.7. The molecule has 0 aliphatic carbocycles. The zero-order chi connectivity index (χ0) is 12.5. The van der Waals surface area contributed by atoms with E-state index >= 15 is 0 Å². The number of hydrogen-bond acceptors (Lipinski definition) is 4. The highest BCUT2D eigenvalue weighted by atomic mass is 16.4. The highest BCUT2D eigenvalue weighted by Crippen LogP contribution is 1.89. The summed E-state index contributed by atoms with van der Waals surface area (Å²) in [5.74, 6) is -0.911. The van der Waals surface area contributed by atoms with Gasteiger partial charge in [0.1, 0.15) is 0 Å². The maximum Gasteiger partial charge on any atom is 0.314 e. The largest absolute Gasteiger partial charge is 0.481 e. The summed E-state index contributed by atoms with van der Waals surface area (Å²) in [6.07, 6.45) is -0.0504. The number of urea groups is 1. The molecule has 4 N–H and O–H groups in total. The molecule has 0 spiro atoms. The van der Waals surface area contributed by atoms with E-state index in [4.69, 9.17) is 5.11 Å². The second kappa shape index (κ2) is 7.86. The summed E-state index contributed by atoms with van der Waals surface area (Å²) in [4.78, 5) is 23.7. The van der Waals surface area contributed by atoms with E-state index in [1.807, 2.05) is 0 Å². The summed E-state index contributed by atoms with van der Waals surface area (Å²) in [7, 11) is 0. The van der Waals surface area contributed by atoms with Gasteiger partial charge in [-0.15, -0.1) is 0 Å². The molecular weight excluding hydrogens is 224 g/mol. The van der Waals surface area contributed by atoms with Crippen LogP contribution in [0, 0.1) is 0 Å². The smallest absolute Gasteiger partial charge is 0.314 e. The van der Waals surface area contributed by atoms with Crippen LogP contribution < -0.4 is 16.0 Å². The van der Waals surface area contributed by atoms with Gasteiger partial charge in [-0.25, -0.2) is 4.79 Å². The molecule has 7 heteroatoms. The highest BCUT2D eigenvalue weighted by Gasteiger charge is 2.09. The third kappa shape index (κ3) is 6.75. The van der Waals surface area contributed by atoms with Crippen LogP contribution in [0.15, 0.2) is 0 Å². The first-order valence-electron chi connectivity index (χ1n) is 5.85. The van der Waals surface area contributed by atoms with Gasteiger partial charge in [-0.05, 0) is 0 Å². The lowest BCUT2D eigenvalue weighted by molar-refractivity contribution is -0.136. The SMILES string of the molecule is O=C(O)CCNC(=O)NCCN1CCNCC1. The first-order valence-corrected chi connectivity index (χ1v) is 5.85. The third-order valence-electron chi connectivity index (χ3n) is 2.55. The summed E-state index contributed by atoms with van der Waals surface area (Å²) in [6, 6.07) is -0.304. The van der Waals surface area contributed by atoms with Crippen molar-refractivity contribution in [2.75, 3.05) is 45.8 Å². The number of rotatable bonds is 6. The summed E-state index contributed by atoms with van der Waals surface area (Å²) in [5.41, 5.74) is 0. The quantitative estimate of drug-likeness (QED) is 0.464. The number of nitrogens with one attached hydrogen (secondary N) is 3. The highest BCUT2D eigenvalue weighted by molar-refractivity contribution is 5.74. The standard InChI is InChI=1S/C10H20N4O3/c15-9(16)1-2-12-10(17)13-5-8-14-6-3-11-4-7-14/h11H,1-8H2,(H,15,16)(H2,12,13,17). The van der Waals surface area contributed by atoms with E-state index in [2.05, 4.69) is 20.9 Å². The predicted octanol–water partition coefficient (Wildman–Crippen LogP) is -1.33. The van der Waals surface area contributed by atoms with E-state index in [0.717, 1.165) is 32.7 Å². The van der Waals surface area contributed by atoms with E-state index in [1.54, 1.807) is 0 Å². The Kier molecular flexibility index (Phi) is 6.34. The van der Waals surface area contributed by atoms with Gasteiger partial charge in [0.25, 0.3) is 0 Å². The third-order valence-corrected chi connectivity index (χ3v) is 2.55. The topological polar surface area (TPSA) is 93.7 Å². The molecule has 2 amide bonds. The summed E-state index contributed by atoms with van der Waals surface area (Å²) in [5, 5.41) is 16.8. The monoisotopic (exact) mass is 244 g/mol. The van der Waals surface area contributed by atoms with Crippen LogP contribution in [0.1, 0.15) is 6.42 Å². The van der Waals surface area contributed by atoms with Crippen molar-refractivity contribution in [2.45, 2.75) is 6.42 Å². The molecule has 0 aromatic carbocycles. The van der Waals surface area contributed by atoms with Crippen molar-refractivity contribution >= 4 is 12.0 Å². The molecule has 17 heavy (non-hydrogen) atoms. The van der Waals surface area contributed by atoms with Crippen molar-refractivity contribution < 1.29 is 14.7 Å². The van der Waals surface area contributed by atoms with Crippen molar-refractivity contribution in [3.8, 4) is 0 Å². The fraction of sp³-hybridized carbons (Fsp3) is 0.800. The van der Waals surface area contributed by atoms with Crippen LogP contribution in [-0.2, 0) is 4.79 Å². The number of aliphatic carboxylic acids is 1. The van der Waals surface area contributed by atoms with Crippen molar-refractivity contribution in [1.29, 1.82) is 0 Å². The number of carboxylic acid groups (broad SMARTS) is 1. The molecule has 0 aromatic heterocycles. The normalized spacial score (nSPS) is 16.5. The Hall–Kier alpha value is -1.34. The van der Waals surface area contributed by atoms with E-state index in [0.29, 0.717) is 6.54 Å². The minimum absolute atomic E-state index is 0.0504. The number of piperazine rings is 1. The number of carbonyl (C=O) groups excluding carboxylic acids is 1. The maximum atomic E-state index is 11.2. The van der Waals surface area contributed by atoms with Crippen molar-refractivity contribution in [3.05, 3.63) is 0 Å². The number of carbonyl (C=O) groups is 2. The Bertz CT molecular complexity index is 254. The van der Waals surface area contributed by atoms with Gasteiger partial charge in [-0.1, -0.05) is 0 Å². The summed E-state index contributed by atoms with van der Waals surface area (Å²) in [6.45, 7) is 5.56. The van der Waals surface area contributed by atoms with Crippen molar-refractivity contribution in [3.63, 3.8) is 0 Å². The maximum absolute atomic E-state index is 11.2. The van der Waals surface area contributed by atoms with Gasteiger partial charge in [0, 0.05) is 45.8 Å². The molecule has 7 nitrogen and oxygen atoms in total. The lowest BCUT2D eigenvalue weighted by Crippen LogP contribution is -2.47. The molecular formula is C10H20N4O3. The lowest BCUT2D eigenvalue weighted by atomic mass is 10.3. The van der Waals surface area contributed by atoms with Gasteiger partial charge in [-0.3, -0.25) is 9.69 Å². The van der Waals surface area contributed by atoms with Crippen LogP contribution in [-0.4, -0.2) is 67.8 Å². The zero-order valence-corrected chi connectivity index (χ0v) is 9.87. The van der Waals surface area contributed by atoms with E-state index in [9.17, 15) is 9.59 Å². The first-order chi connectivity index (χ1) is 8.18. The second-order valence-electron chi connectivity index (χ2n) is 3.92. The molecule has 0 radical (unpaired) electrons. The molecule has 0 unspecified atom stereocenters. The van der Waals surface area contributed by atoms with Crippen LogP contribution in [0.25, 0.3) is 0 Å². The van der Waals surface area contributed by atoms with Gasteiger partial charge in [0.2, 0.25) is 0 Å². The van der Waals surface area contributed by atoms with E-state index in [1.165, 1.54) is 0 Å². The molecule has 0 bridgehead atoms. The Labute approximate surface area is 101 Å². The average Bonchev–Trinajstić information content (AvgIpc) is 2.30. The van der Waals surface area contributed by atoms with Crippen LogP contribution in [0.4, 0.5) is 4.79 Å². The molecule has 1 fully saturated rings. The molecule has 1 aliphatic rings. The van der Waals surface area contributed by atoms with Crippen molar-refractivity contribution in [1.82, 2.24) is 20.9 Å². The zero-order valence-electron chi connectivity index (χ0n) is 9.87. The van der Waals surface area contributed by atoms with E-state index < -0.39 is 5.97 Å². The number of carboxylic acids is 1. The summed E-state index contributed by atoms with van der Waals surface area (Å²) < 4.78 is 0. The number of amides is 2. The van der Waals surface area contributed by atoms with Gasteiger partial charge in [0.15, 0.2) is 0 Å². The molecule has 0 aromatic rings. The Morgan fingerprint density at radius 1 is 1.18 bits per heavy atom. The number of hydrogen-bond donors (Lipinski definition) is 4. The predicted molar refractivity (Wildman–Crippen MR) is 63.0 cm³/mol. The Morgan fingerprint density at radius 2 is 1.82 bits per heavy atom. The van der Waals surface area contributed by atoms with Crippen LogP contribution >= 0.6 is 0 Å². The van der Waals surface area contributed by atoms with Gasteiger partial charge in [-0.2, -0.15) is 0 Å².